The van der Waals surface area contributed by atoms with E-state index in [0.29, 0.717) is 6.54 Å². The third-order valence-electron chi connectivity index (χ3n) is 2.95. The van der Waals surface area contributed by atoms with E-state index < -0.39 is 5.41 Å². The molecule has 0 saturated heterocycles. The number of rotatable bonds is 6. The molecule has 0 heterocycles. The van der Waals surface area contributed by atoms with Gasteiger partial charge in [-0.15, -0.1) is 0 Å². The van der Waals surface area contributed by atoms with Crippen LogP contribution < -0.4 is 10.6 Å². The number of likely N-dealkylation sites (N-methyl/N-ethyl adjacent to an activating group) is 1. The topological polar surface area (TPSA) is 41.1 Å². The zero-order valence-electron chi connectivity index (χ0n) is 11.2. The molecular weight excluding hydrogens is 292 g/mol. The molecule has 2 N–H and O–H groups in total. The van der Waals surface area contributed by atoms with Crippen LogP contribution in [-0.2, 0) is 10.2 Å². The van der Waals surface area contributed by atoms with Gasteiger partial charge in [0.1, 0.15) is 0 Å². The maximum atomic E-state index is 12.2. The molecule has 18 heavy (non-hydrogen) atoms. The Morgan fingerprint density at radius 2 is 2.06 bits per heavy atom. The van der Waals surface area contributed by atoms with Gasteiger partial charge in [0.05, 0.1) is 5.41 Å². The minimum absolute atomic E-state index is 0.0542. The Morgan fingerprint density at radius 3 is 2.67 bits per heavy atom. The summed E-state index contributed by atoms with van der Waals surface area (Å²) < 4.78 is 0.994. The average molecular weight is 313 g/mol. The Morgan fingerprint density at radius 1 is 1.33 bits per heavy atom. The van der Waals surface area contributed by atoms with Gasteiger partial charge in [0, 0.05) is 17.6 Å². The highest BCUT2D eigenvalue weighted by Crippen LogP contribution is 2.25. The van der Waals surface area contributed by atoms with Gasteiger partial charge in [0.25, 0.3) is 0 Å². The van der Waals surface area contributed by atoms with Gasteiger partial charge in [-0.1, -0.05) is 35.0 Å². The Bertz CT molecular complexity index is 405. The smallest absolute Gasteiger partial charge is 0.230 e. The highest BCUT2D eigenvalue weighted by molar-refractivity contribution is 9.10. The summed E-state index contributed by atoms with van der Waals surface area (Å²) in [4.78, 5) is 12.2. The second-order valence-corrected chi connectivity index (χ2v) is 5.66. The summed E-state index contributed by atoms with van der Waals surface area (Å²) in [7, 11) is 0. The number of amides is 1. The molecule has 0 aliphatic rings. The average Bonchev–Trinajstić information content (AvgIpc) is 2.34. The fraction of sp³-hybridized carbons (Fsp3) is 0.500. The van der Waals surface area contributed by atoms with Gasteiger partial charge in [-0.3, -0.25) is 4.79 Å². The van der Waals surface area contributed by atoms with Crippen LogP contribution >= 0.6 is 15.9 Å². The molecule has 0 bridgehead atoms. The van der Waals surface area contributed by atoms with Gasteiger partial charge >= 0.3 is 0 Å². The van der Waals surface area contributed by atoms with Gasteiger partial charge in [-0.25, -0.2) is 0 Å². The van der Waals surface area contributed by atoms with Crippen LogP contribution in [0.3, 0.4) is 0 Å². The van der Waals surface area contributed by atoms with E-state index in [1.807, 2.05) is 45.0 Å². The third-order valence-corrected chi connectivity index (χ3v) is 3.44. The van der Waals surface area contributed by atoms with E-state index >= 15 is 0 Å². The van der Waals surface area contributed by atoms with E-state index in [4.69, 9.17) is 0 Å². The molecule has 3 nitrogen and oxygen atoms in total. The normalized spacial score (nSPS) is 11.3. The standard InChI is InChI=1S/C14H21BrN2O/c1-4-16-8-9-17-13(18)14(2,3)11-6-5-7-12(15)10-11/h5-7,10,16H,4,8-9H2,1-3H3,(H,17,18). The number of benzene rings is 1. The largest absolute Gasteiger partial charge is 0.354 e. The quantitative estimate of drug-likeness (QED) is 0.792. The molecule has 0 aliphatic carbocycles. The number of nitrogens with one attached hydrogen (secondary N) is 2. The second-order valence-electron chi connectivity index (χ2n) is 4.74. The van der Waals surface area contributed by atoms with E-state index in [1.165, 1.54) is 0 Å². The molecule has 1 amide bonds. The first-order valence-electron chi connectivity index (χ1n) is 6.23. The molecule has 4 heteroatoms. The van der Waals surface area contributed by atoms with Gasteiger partial charge in [0.2, 0.25) is 5.91 Å². The van der Waals surface area contributed by atoms with Crippen molar-refractivity contribution in [3.05, 3.63) is 34.3 Å². The van der Waals surface area contributed by atoms with Crippen molar-refractivity contribution < 1.29 is 4.79 Å². The first-order chi connectivity index (χ1) is 8.48. The number of hydrogen-bond donors (Lipinski definition) is 2. The molecule has 1 rings (SSSR count). The van der Waals surface area contributed by atoms with Crippen molar-refractivity contribution >= 4 is 21.8 Å². The Kier molecular flexibility index (Phi) is 5.82. The molecule has 0 fully saturated rings. The fourth-order valence-corrected chi connectivity index (χ4v) is 2.07. The molecule has 0 aromatic heterocycles. The van der Waals surface area contributed by atoms with Crippen molar-refractivity contribution in [2.24, 2.45) is 0 Å². The Hall–Kier alpha value is -0.870. The van der Waals surface area contributed by atoms with Crippen molar-refractivity contribution in [1.82, 2.24) is 10.6 Å². The molecule has 0 unspecified atom stereocenters. The van der Waals surface area contributed by atoms with Crippen LogP contribution in [0.15, 0.2) is 28.7 Å². The SMILES string of the molecule is CCNCCNC(=O)C(C)(C)c1cccc(Br)c1. The lowest BCUT2D eigenvalue weighted by Crippen LogP contribution is -2.42. The summed E-state index contributed by atoms with van der Waals surface area (Å²) in [6.45, 7) is 8.31. The highest BCUT2D eigenvalue weighted by atomic mass is 79.9. The molecule has 0 saturated carbocycles. The summed E-state index contributed by atoms with van der Waals surface area (Å²) in [6.07, 6.45) is 0. The number of carbonyl (C=O) groups excluding carboxylic acids is 1. The molecule has 0 atom stereocenters. The van der Waals surface area contributed by atoms with E-state index in [1.54, 1.807) is 0 Å². The van der Waals surface area contributed by atoms with Crippen LogP contribution in [-0.4, -0.2) is 25.5 Å². The van der Waals surface area contributed by atoms with Crippen LogP contribution in [0.25, 0.3) is 0 Å². The molecule has 1 aromatic carbocycles. The van der Waals surface area contributed by atoms with Crippen LogP contribution in [0.1, 0.15) is 26.3 Å². The maximum Gasteiger partial charge on any atom is 0.230 e. The summed E-state index contributed by atoms with van der Waals surface area (Å²) in [6, 6.07) is 7.88. The lowest BCUT2D eigenvalue weighted by molar-refractivity contribution is -0.125. The van der Waals surface area contributed by atoms with Crippen molar-refractivity contribution in [1.29, 1.82) is 0 Å². The zero-order valence-corrected chi connectivity index (χ0v) is 12.8. The van der Waals surface area contributed by atoms with Crippen LogP contribution in [0, 0.1) is 0 Å². The van der Waals surface area contributed by atoms with Crippen LogP contribution in [0.5, 0.6) is 0 Å². The lowest BCUT2D eigenvalue weighted by Gasteiger charge is -2.24. The molecule has 1 aromatic rings. The predicted octanol–water partition coefficient (Wildman–Crippen LogP) is 2.45. The monoisotopic (exact) mass is 312 g/mol. The van der Waals surface area contributed by atoms with Crippen molar-refractivity contribution in [2.45, 2.75) is 26.2 Å². The minimum Gasteiger partial charge on any atom is -0.354 e. The first kappa shape index (κ1) is 15.2. The Balaban J connectivity index is 2.65. The predicted molar refractivity (Wildman–Crippen MR) is 78.7 cm³/mol. The number of hydrogen-bond acceptors (Lipinski definition) is 2. The van der Waals surface area contributed by atoms with Gasteiger partial charge in [0.15, 0.2) is 0 Å². The van der Waals surface area contributed by atoms with Crippen LogP contribution in [0.2, 0.25) is 0 Å². The van der Waals surface area contributed by atoms with Crippen molar-refractivity contribution in [2.75, 3.05) is 19.6 Å². The summed E-state index contributed by atoms with van der Waals surface area (Å²) >= 11 is 3.44. The minimum atomic E-state index is -0.518. The zero-order chi connectivity index (χ0) is 13.6. The van der Waals surface area contributed by atoms with E-state index in [-0.39, 0.29) is 5.91 Å². The molecule has 0 spiro atoms. The first-order valence-corrected chi connectivity index (χ1v) is 7.03. The van der Waals surface area contributed by atoms with Crippen LogP contribution in [0.4, 0.5) is 0 Å². The fourth-order valence-electron chi connectivity index (χ4n) is 1.67. The number of carbonyl (C=O) groups is 1. The van der Waals surface area contributed by atoms with Crippen molar-refractivity contribution in [3.8, 4) is 0 Å². The van der Waals surface area contributed by atoms with Gasteiger partial charge in [-0.2, -0.15) is 0 Å². The van der Waals surface area contributed by atoms with Gasteiger partial charge < -0.3 is 10.6 Å². The summed E-state index contributed by atoms with van der Waals surface area (Å²) in [5.41, 5.74) is 0.494. The molecule has 100 valence electrons. The maximum absolute atomic E-state index is 12.2. The van der Waals surface area contributed by atoms with E-state index in [9.17, 15) is 4.79 Å². The summed E-state index contributed by atoms with van der Waals surface area (Å²) in [5.74, 6) is 0.0542. The summed E-state index contributed by atoms with van der Waals surface area (Å²) in [5, 5.41) is 6.14. The number of halogens is 1. The van der Waals surface area contributed by atoms with Gasteiger partial charge in [-0.05, 0) is 38.1 Å². The lowest BCUT2D eigenvalue weighted by atomic mass is 9.84. The van der Waals surface area contributed by atoms with E-state index in [0.717, 1.165) is 23.1 Å². The molecule has 0 aliphatic heterocycles. The molecular formula is C14H21BrN2O. The van der Waals surface area contributed by atoms with E-state index in [2.05, 4.69) is 26.6 Å². The Labute approximate surface area is 117 Å². The molecule has 0 radical (unpaired) electrons. The second kappa shape index (κ2) is 6.90. The van der Waals surface area contributed by atoms with Crippen molar-refractivity contribution in [3.63, 3.8) is 0 Å². The highest BCUT2D eigenvalue weighted by Gasteiger charge is 2.29. The third kappa shape index (κ3) is 4.10.